The van der Waals surface area contributed by atoms with E-state index in [9.17, 15) is 9.59 Å². The Kier molecular flexibility index (Phi) is 5.13. The van der Waals surface area contributed by atoms with Crippen LogP contribution in [0.15, 0.2) is 34.9 Å². The number of aryl methyl sites for hydroxylation is 1. The molecule has 0 atom stereocenters. The van der Waals surface area contributed by atoms with Crippen molar-refractivity contribution in [1.82, 2.24) is 5.16 Å². The lowest BCUT2D eigenvalue weighted by atomic mass is 10.2. The fraction of sp³-hybridized carbons (Fsp3) is 0.267. The Bertz CT molecular complexity index is 666. The maximum absolute atomic E-state index is 11.7. The molecule has 0 radical (unpaired) electrons. The summed E-state index contributed by atoms with van der Waals surface area (Å²) in [6, 6.07) is 8.95. The van der Waals surface area contributed by atoms with E-state index in [1.54, 1.807) is 25.1 Å². The highest BCUT2D eigenvalue weighted by atomic mass is 16.5. The van der Waals surface area contributed by atoms with Crippen LogP contribution in [0.1, 0.15) is 19.1 Å². The first-order valence-corrected chi connectivity index (χ1v) is 6.87. The molecule has 0 aliphatic rings. The Morgan fingerprint density at radius 2 is 1.95 bits per heavy atom. The number of anilines is 3. The summed E-state index contributed by atoms with van der Waals surface area (Å²) in [5.74, 6) is 0.775. The van der Waals surface area contributed by atoms with E-state index in [0.29, 0.717) is 23.8 Å². The van der Waals surface area contributed by atoms with E-state index in [1.807, 2.05) is 12.1 Å². The predicted molar refractivity (Wildman–Crippen MR) is 83.7 cm³/mol. The van der Waals surface area contributed by atoms with Crippen LogP contribution in [0.5, 0.6) is 0 Å². The maximum Gasteiger partial charge on any atom is 0.227 e. The van der Waals surface area contributed by atoms with E-state index in [2.05, 4.69) is 21.1 Å². The summed E-state index contributed by atoms with van der Waals surface area (Å²) < 4.78 is 4.87. The number of rotatable bonds is 6. The molecule has 1 heterocycles. The second kappa shape index (κ2) is 7.26. The molecule has 0 saturated heterocycles. The van der Waals surface area contributed by atoms with Gasteiger partial charge in [0.2, 0.25) is 11.8 Å². The highest BCUT2D eigenvalue weighted by Gasteiger charge is 2.06. The molecule has 0 spiro atoms. The average molecular weight is 302 g/mol. The highest BCUT2D eigenvalue weighted by Crippen LogP contribution is 2.15. The molecule has 0 fully saturated rings. The van der Waals surface area contributed by atoms with Crippen molar-refractivity contribution in [2.75, 3.05) is 22.5 Å². The van der Waals surface area contributed by atoms with E-state index < -0.39 is 0 Å². The fourth-order valence-corrected chi connectivity index (χ4v) is 1.86. The molecule has 3 N–H and O–H groups in total. The standard InChI is InChI=1S/C15H18N4O3/c1-10-8-14(19-22-10)18-15(21)6-7-16-12-4-3-5-13(9-12)17-11(2)20/h3-5,8-9,16H,6-7H2,1-2H3,(H,17,20)(H,18,19,21). The van der Waals surface area contributed by atoms with E-state index in [4.69, 9.17) is 4.52 Å². The maximum atomic E-state index is 11.7. The van der Waals surface area contributed by atoms with Crippen molar-refractivity contribution in [3.8, 4) is 0 Å². The summed E-state index contributed by atoms with van der Waals surface area (Å²) in [7, 11) is 0. The molecular weight excluding hydrogens is 284 g/mol. The molecule has 116 valence electrons. The van der Waals surface area contributed by atoms with Gasteiger partial charge in [0.05, 0.1) is 0 Å². The fourth-order valence-electron chi connectivity index (χ4n) is 1.86. The SMILES string of the molecule is CC(=O)Nc1cccc(NCCC(=O)Nc2cc(C)on2)c1. The zero-order chi connectivity index (χ0) is 15.9. The molecule has 1 aromatic heterocycles. The van der Waals surface area contributed by atoms with Crippen LogP contribution in [0.4, 0.5) is 17.2 Å². The van der Waals surface area contributed by atoms with Gasteiger partial charge in [0, 0.05) is 37.3 Å². The van der Waals surface area contributed by atoms with Crippen LogP contribution < -0.4 is 16.0 Å². The molecule has 0 bridgehead atoms. The quantitative estimate of drug-likeness (QED) is 0.761. The molecule has 1 aromatic carbocycles. The normalized spacial score (nSPS) is 10.1. The number of hydrogen-bond acceptors (Lipinski definition) is 5. The number of amides is 2. The Balaban J connectivity index is 1.78. The van der Waals surface area contributed by atoms with Crippen LogP contribution in [0.2, 0.25) is 0 Å². The minimum absolute atomic E-state index is 0.126. The van der Waals surface area contributed by atoms with Crippen molar-refractivity contribution < 1.29 is 14.1 Å². The first-order chi connectivity index (χ1) is 10.5. The second-order valence-corrected chi connectivity index (χ2v) is 4.81. The van der Waals surface area contributed by atoms with Crippen molar-refractivity contribution in [2.45, 2.75) is 20.3 Å². The molecule has 0 aliphatic heterocycles. The van der Waals surface area contributed by atoms with Crippen LogP contribution in [-0.2, 0) is 9.59 Å². The van der Waals surface area contributed by atoms with Crippen molar-refractivity contribution in [2.24, 2.45) is 0 Å². The Morgan fingerprint density at radius 1 is 1.18 bits per heavy atom. The van der Waals surface area contributed by atoms with Crippen molar-refractivity contribution >= 4 is 29.0 Å². The van der Waals surface area contributed by atoms with Gasteiger partial charge in [0.1, 0.15) is 5.76 Å². The van der Waals surface area contributed by atoms with Gasteiger partial charge in [-0.1, -0.05) is 11.2 Å². The van der Waals surface area contributed by atoms with Gasteiger partial charge in [-0.05, 0) is 25.1 Å². The van der Waals surface area contributed by atoms with Crippen LogP contribution in [0.3, 0.4) is 0 Å². The van der Waals surface area contributed by atoms with Gasteiger partial charge in [-0.25, -0.2) is 0 Å². The van der Waals surface area contributed by atoms with Crippen LogP contribution >= 0.6 is 0 Å². The number of carbonyl (C=O) groups is 2. The van der Waals surface area contributed by atoms with Gasteiger partial charge in [-0.2, -0.15) is 0 Å². The number of benzene rings is 1. The summed E-state index contributed by atoms with van der Waals surface area (Å²) in [5, 5.41) is 12.2. The third-order valence-electron chi connectivity index (χ3n) is 2.76. The average Bonchev–Trinajstić information content (AvgIpc) is 2.83. The summed E-state index contributed by atoms with van der Waals surface area (Å²) >= 11 is 0. The lowest BCUT2D eigenvalue weighted by Crippen LogP contribution is -2.16. The third-order valence-corrected chi connectivity index (χ3v) is 2.76. The monoisotopic (exact) mass is 302 g/mol. The lowest BCUT2D eigenvalue weighted by Gasteiger charge is -2.08. The van der Waals surface area contributed by atoms with Gasteiger partial charge >= 0.3 is 0 Å². The predicted octanol–water partition coefficient (Wildman–Crippen LogP) is 2.38. The largest absolute Gasteiger partial charge is 0.384 e. The van der Waals surface area contributed by atoms with Crippen LogP contribution in [0.25, 0.3) is 0 Å². The van der Waals surface area contributed by atoms with E-state index in [-0.39, 0.29) is 18.2 Å². The molecule has 22 heavy (non-hydrogen) atoms. The number of aromatic nitrogens is 1. The van der Waals surface area contributed by atoms with Crippen LogP contribution in [0, 0.1) is 6.92 Å². The van der Waals surface area contributed by atoms with Crippen molar-refractivity contribution in [3.05, 3.63) is 36.1 Å². The Labute approximate surface area is 128 Å². The minimum Gasteiger partial charge on any atom is -0.384 e. The molecule has 0 aliphatic carbocycles. The Hall–Kier alpha value is -2.83. The highest BCUT2D eigenvalue weighted by molar-refractivity contribution is 5.90. The smallest absolute Gasteiger partial charge is 0.227 e. The van der Waals surface area contributed by atoms with Gasteiger partial charge in [-0.15, -0.1) is 0 Å². The van der Waals surface area contributed by atoms with Gasteiger partial charge in [-0.3, -0.25) is 9.59 Å². The Morgan fingerprint density at radius 3 is 2.64 bits per heavy atom. The zero-order valence-electron chi connectivity index (χ0n) is 12.5. The van der Waals surface area contributed by atoms with Gasteiger partial charge in [0.15, 0.2) is 5.82 Å². The molecular formula is C15H18N4O3. The number of nitrogens with zero attached hydrogens (tertiary/aromatic N) is 1. The van der Waals surface area contributed by atoms with E-state index in [1.165, 1.54) is 6.92 Å². The second-order valence-electron chi connectivity index (χ2n) is 4.81. The van der Waals surface area contributed by atoms with Crippen molar-refractivity contribution in [3.63, 3.8) is 0 Å². The minimum atomic E-state index is -0.154. The summed E-state index contributed by atoms with van der Waals surface area (Å²) in [4.78, 5) is 22.7. The summed E-state index contributed by atoms with van der Waals surface area (Å²) in [5.41, 5.74) is 1.54. The third kappa shape index (κ3) is 4.93. The summed E-state index contributed by atoms with van der Waals surface area (Å²) in [6.07, 6.45) is 0.288. The van der Waals surface area contributed by atoms with E-state index >= 15 is 0 Å². The molecule has 0 unspecified atom stereocenters. The van der Waals surface area contributed by atoms with Crippen LogP contribution in [-0.4, -0.2) is 23.5 Å². The van der Waals surface area contributed by atoms with E-state index in [0.717, 1.165) is 5.69 Å². The van der Waals surface area contributed by atoms with Gasteiger partial charge in [0.25, 0.3) is 0 Å². The molecule has 7 heteroatoms. The topological polar surface area (TPSA) is 96.3 Å². The molecule has 7 nitrogen and oxygen atoms in total. The summed E-state index contributed by atoms with van der Waals surface area (Å²) in [6.45, 7) is 3.68. The first kappa shape index (κ1) is 15.6. The number of carbonyl (C=O) groups excluding carboxylic acids is 2. The molecule has 0 saturated carbocycles. The van der Waals surface area contributed by atoms with Crippen molar-refractivity contribution in [1.29, 1.82) is 0 Å². The molecule has 2 rings (SSSR count). The lowest BCUT2D eigenvalue weighted by molar-refractivity contribution is -0.116. The number of nitrogens with one attached hydrogen (secondary N) is 3. The van der Waals surface area contributed by atoms with Gasteiger partial charge < -0.3 is 20.5 Å². The zero-order valence-corrected chi connectivity index (χ0v) is 12.5. The first-order valence-electron chi connectivity index (χ1n) is 6.87. The number of hydrogen-bond donors (Lipinski definition) is 3. The molecule has 2 amide bonds. The molecule has 2 aromatic rings.